The van der Waals surface area contributed by atoms with Crippen molar-refractivity contribution in [3.63, 3.8) is 0 Å². The van der Waals surface area contributed by atoms with Crippen LogP contribution in [0.1, 0.15) is 16.8 Å². The van der Waals surface area contributed by atoms with Crippen LogP contribution in [-0.2, 0) is 14.9 Å². The van der Waals surface area contributed by atoms with Gasteiger partial charge in [-0.2, -0.15) is 12.7 Å². The lowest BCUT2D eigenvalue weighted by atomic mass is 10.2. The molecule has 0 spiro atoms. The van der Waals surface area contributed by atoms with Crippen molar-refractivity contribution in [2.45, 2.75) is 6.42 Å². The molecule has 116 valence electrons. The number of hydrogen-bond donors (Lipinski definition) is 2. The molecule has 0 aromatic heterocycles. The van der Waals surface area contributed by atoms with Crippen LogP contribution in [0.15, 0.2) is 18.2 Å². The van der Waals surface area contributed by atoms with Gasteiger partial charge in [-0.25, -0.2) is 4.79 Å². The predicted molar refractivity (Wildman–Crippen MR) is 78.0 cm³/mol. The fraction of sp³-hybridized carbons (Fsp3) is 0.417. The number of halogens is 1. The molecule has 2 rings (SSSR count). The summed E-state index contributed by atoms with van der Waals surface area (Å²) in [7, 11) is -3.75. The van der Waals surface area contributed by atoms with Gasteiger partial charge in [-0.3, -0.25) is 4.72 Å². The van der Waals surface area contributed by atoms with Gasteiger partial charge in [0, 0.05) is 19.7 Å². The van der Waals surface area contributed by atoms with E-state index in [1.54, 1.807) is 0 Å². The minimum absolute atomic E-state index is 0.0496. The van der Waals surface area contributed by atoms with Crippen molar-refractivity contribution in [2.24, 2.45) is 0 Å². The number of ether oxygens (including phenoxy) is 1. The topological polar surface area (TPSA) is 95.9 Å². The third-order valence-electron chi connectivity index (χ3n) is 2.96. The third kappa shape index (κ3) is 4.07. The smallest absolute Gasteiger partial charge is 0.337 e. The molecule has 1 aromatic rings. The van der Waals surface area contributed by atoms with Crippen molar-refractivity contribution in [2.75, 3.05) is 31.0 Å². The molecule has 7 nitrogen and oxygen atoms in total. The van der Waals surface area contributed by atoms with Gasteiger partial charge in [-0.1, -0.05) is 11.6 Å². The SMILES string of the molecule is O=C(O)c1cc(NS(=O)(=O)N2CCCOCC2)ccc1Cl. The molecule has 0 saturated carbocycles. The number of carboxylic acid groups (broad SMARTS) is 1. The quantitative estimate of drug-likeness (QED) is 0.868. The Hall–Kier alpha value is -1.35. The Kier molecular flexibility index (Phi) is 5.04. The minimum Gasteiger partial charge on any atom is -0.478 e. The normalized spacial score (nSPS) is 17.2. The van der Waals surface area contributed by atoms with Gasteiger partial charge in [-0.05, 0) is 24.6 Å². The van der Waals surface area contributed by atoms with Gasteiger partial charge in [-0.15, -0.1) is 0 Å². The lowest BCUT2D eigenvalue weighted by Crippen LogP contribution is -2.37. The molecule has 1 heterocycles. The Bertz CT molecular complexity index is 627. The van der Waals surface area contributed by atoms with Crippen LogP contribution < -0.4 is 4.72 Å². The van der Waals surface area contributed by atoms with Crippen molar-refractivity contribution in [1.82, 2.24) is 4.31 Å². The molecule has 1 fully saturated rings. The number of nitrogens with one attached hydrogen (secondary N) is 1. The molecule has 0 amide bonds. The molecule has 0 aliphatic carbocycles. The van der Waals surface area contributed by atoms with E-state index in [1.807, 2.05) is 0 Å². The number of benzene rings is 1. The maximum absolute atomic E-state index is 12.3. The molecule has 0 radical (unpaired) electrons. The van der Waals surface area contributed by atoms with Crippen molar-refractivity contribution in [1.29, 1.82) is 0 Å². The second-order valence-corrected chi connectivity index (χ2v) is 6.55. The molecule has 1 aliphatic heterocycles. The summed E-state index contributed by atoms with van der Waals surface area (Å²) in [6.07, 6.45) is 0.613. The summed E-state index contributed by atoms with van der Waals surface area (Å²) in [4.78, 5) is 11.0. The highest BCUT2D eigenvalue weighted by molar-refractivity contribution is 7.90. The van der Waals surface area contributed by atoms with Crippen molar-refractivity contribution >= 4 is 33.5 Å². The number of hydrogen-bond acceptors (Lipinski definition) is 4. The molecule has 21 heavy (non-hydrogen) atoms. The molecule has 0 atom stereocenters. The monoisotopic (exact) mass is 334 g/mol. The van der Waals surface area contributed by atoms with Crippen LogP contribution in [0.2, 0.25) is 5.02 Å². The number of nitrogens with zero attached hydrogens (tertiary/aromatic N) is 1. The molecule has 1 saturated heterocycles. The zero-order valence-corrected chi connectivity index (χ0v) is 12.7. The molecular weight excluding hydrogens is 320 g/mol. The summed E-state index contributed by atoms with van der Waals surface area (Å²) in [6, 6.07) is 3.95. The highest BCUT2D eigenvalue weighted by Gasteiger charge is 2.23. The van der Waals surface area contributed by atoms with E-state index in [9.17, 15) is 13.2 Å². The first-order valence-electron chi connectivity index (χ1n) is 6.28. The van der Waals surface area contributed by atoms with Gasteiger partial charge in [0.1, 0.15) is 0 Å². The van der Waals surface area contributed by atoms with Gasteiger partial charge in [0.05, 0.1) is 22.9 Å². The Labute approximate surface area is 127 Å². The van der Waals surface area contributed by atoms with Crippen LogP contribution in [0.4, 0.5) is 5.69 Å². The lowest BCUT2D eigenvalue weighted by Gasteiger charge is -2.20. The molecule has 1 aromatic carbocycles. The van der Waals surface area contributed by atoms with Gasteiger partial charge < -0.3 is 9.84 Å². The lowest BCUT2D eigenvalue weighted by molar-refractivity contribution is 0.0697. The second-order valence-electron chi connectivity index (χ2n) is 4.47. The number of aromatic carboxylic acids is 1. The van der Waals surface area contributed by atoms with Crippen LogP contribution >= 0.6 is 11.6 Å². The van der Waals surface area contributed by atoms with E-state index in [0.717, 1.165) is 0 Å². The average Bonchev–Trinajstić information content (AvgIpc) is 2.70. The van der Waals surface area contributed by atoms with E-state index in [4.69, 9.17) is 21.4 Å². The standard InChI is InChI=1S/C12H15ClN2O5S/c13-11-3-2-9(8-10(11)12(16)17)14-21(18,19)15-4-1-6-20-7-5-15/h2-3,8,14H,1,4-7H2,(H,16,17). The molecule has 0 unspecified atom stereocenters. The zero-order valence-electron chi connectivity index (χ0n) is 11.1. The minimum atomic E-state index is -3.75. The van der Waals surface area contributed by atoms with E-state index >= 15 is 0 Å². The van der Waals surface area contributed by atoms with Gasteiger partial charge in [0.15, 0.2) is 0 Å². The van der Waals surface area contributed by atoms with Crippen LogP contribution in [0.3, 0.4) is 0 Å². The first kappa shape index (κ1) is 16.0. The highest BCUT2D eigenvalue weighted by atomic mass is 35.5. The average molecular weight is 335 g/mol. The van der Waals surface area contributed by atoms with Crippen molar-refractivity contribution in [3.05, 3.63) is 28.8 Å². The molecular formula is C12H15ClN2O5S. The third-order valence-corrected chi connectivity index (χ3v) is 4.83. The number of rotatable bonds is 4. The molecule has 1 aliphatic rings. The predicted octanol–water partition coefficient (Wildman–Crippen LogP) is 1.42. The van der Waals surface area contributed by atoms with E-state index in [1.165, 1.54) is 22.5 Å². The van der Waals surface area contributed by atoms with Gasteiger partial charge >= 0.3 is 16.2 Å². The first-order chi connectivity index (χ1) is 9.90. The second kappa shape index (κ2) is 6.61. The number of carbonyl (C=O) groups is 1. The van der Waals surface area contributed by atoms with Crippen LogP contribution in [0.25, 0.3) is 0 Å². The Morgan fingerprint density at radius 1 is 1.33 bits per heavy atom. The summed E-state index contributed by atoms with van der Waals surface area (Å²) in [5.41, 5.74) is -0.00182. The fourth-order valence-corrected chi connectivity index (χ4v) is 3.37. The number of carboxylic acids is 1. The zero-order chi connectivity index (χ0) is 15.5. The largest absolute Gasteiger partial charge is 0.478 e. The van der Waals surface area contributed by atoms with E-state index in [0.29, 0.717) is 26.2 Å². The molecule has 0 bridgehead atoms. The van der Waals surface area contributed by atoms with Gasteiger partial charge in [0.25, 0.3) is 0 Å². The van der Waals surface area contributed by atoms with Crippen LogP contribution in [-0.4, -0.2) is 50.1 Å². The van der Waals surface area contributed by atoms with Crippen molar-refractivity contribution < 1.29 is 23.1 Å². The van der Waals surface area contributed by atoms with Crippen molar-refractivity contribution in [3.8, 4) is 0 Å². The van der Waals surface area contributed by atoms with Gasteiger partial charge in [0.2, 0.25) is 0 Å². The summed E-state index contributed by atoms with van der Waals surface area (Å²) in [5, 5.41) is 9.04. The maximum atomic E-state index is 12.3. The first-order valence-corrected chi connectivity index (χ1v) is 8.10. The Balaban J connectivity index is 2.20. The fourth-order valence-electron chi connectivity index (χ4n) is 1.93. The van der Waals surface area contributed by atoms with E-state index in [-0.39, 0.29) is 22.8 Å². The summed E-state index contributed by atoms with van der Waals surface area (Å²) >= 11 is 5.75. The van der Waals surface area contributed by atoms with E-state index < -0.39 is 16.2 Å². The van der Waals surface area contributed by atoms with Crippen LogP contribution in [0, 0.1) is 0 Å². The summed E-state index contributed by atoms with van der Waals surface area (Å²) < 4.78 is 33.3. The highest BCUT2D eigenvalue weighted by Crippen LogP contribution is 2.22. The Morgan fingerprint density at radius 2 is 2.10 bits per heavy atom. The van der Waals surface area contributed by atoms with E-state index in [2.05, 4.69) is 4.72 Å². The maximum Gasteiger partial charge on any atom is 0.337 e. The summed E-state index contributed by atoms with van der Waals surface area (Å²) in [6.45, 7) is 1.47. The summed E-state index contributed by atoms with van der Waals surface area (Å²) in [5.74, 6) is -1.22. The Morgan fingerprint density at radius 3 is 2.81 bits per heavy atom. The molecule has 9 heteroatoms. The van der Waals surface area contributed by atoms with Crippen LogP contribution in [0.5, 0.6) is 0 Å². The number of anilines is 1. The molecule has 2 N–H and O–H groups in total.